The molecule has 2 rings (SSSR count). The highest BCUT2D eigenvalue weighted by Gasteiger charge is 2.08. The number of rotatable bonds is 7. The number of anilines is 1. The van der Waals surface area contributed by atoms with E-state index in [2.05, 4.69) is 10.3 Å². The van der Waals surface area contributed by atoms with Gasteiger partial charge in [-0.1, -0.05) is 30.4 Å². The van der Waals surface area contributed by atoms with Crippen LogP contribution in [0.25, 0.3) is 10.9 Å². The fraction of sp³-hybridized carbons (Fsp3) is 0.333. The summed E-state index contributed by atoms with van der Waals surface area (Å²) in [5.41, 5.74) is 7.52. The number of nitrogens with zero attached hydrogens (tertiary/aromatic N) is 1. The summed E-state index contributed by atoms with van der Waals surface area (Å²) < 4.78 is 5.03. The zero-order valence-corrected chi connectivity index (χ0v) is 12.4. The standard InChI is InChI=1S/C15H19N3OS/c1-19-9-5-4-8-17-15-12(14(16)20)10-11-6-2-3-7-13(11)18-15/h2-3,6-7,10H,4-5,8-9H2,1H3,(H2,16,20)(H,17,18). The van der Waals surface area contributed by atoms with Crippen LogP contribution in [0.4, 0.5) is 5.82 Å². The minimum absolute atomic E-state index is 0.364. The maximum Gasteiger partial charge on any atom is 0.136 e. The predicted octanol–water partition coefficient (Wildman–Crippen LogP) is 2.71. The first-order valence-electron chi connectivity index (χ1n) is 6.65. The van der Waals surface area contributed by atoms with Gasteiger partial charge in [-0.3, -0.25) is 0 Å². The molecule has 0 amide bonds. The normalized spacial score (nSPS) is 10.7. The number of ether oxygens (including phenoxy) is 1. The highest BCUT2D eigenvalue weighted by molar-refractivity contribution is 7.80. The monoisotopic (exact) mass is 289 g/mol. The number of pyridine rings is 1. The molecule has 0 unspecified atom stereocenters. The number of hydrogen-bond acceptors (Lipinski definition) is 4. The second-order valence-corrected chi connectivity index (χ2v) is 5.01. The Kier molecular flexibility index (Phi) is 5.26. The van der Waals surface area contributed by atoms with Crippen molar-refractivity contribution in [3.05, 3.63) is 35.9 Å². The Morgan fingerprint density at radius 2 is 2.15 bits per heavy atom. The van der Waals surface area contributed by atoms with E-state index in [9.17, 15) is 0 Å². The molecule has 0 atom stereocenters. The van der Waals surface area contributed by atoms with Crippen LogP contribution in [0.15, 0.2) is 30.3 Å². The molecule has 1 aromatic carbocycles. The summed E-state index contributed by atoms with van der Waals surface area (Å²) in [4.78, 5) is 4.97. The van der Waals surface area contributed by atoms with Crippen molar-refractivity contribution < 1.29 is 4.74 Å². The fourth-order valence-corrected chi connectivity index (χ4v) is 2.17. The number of benzene rings is 1. The van der Waals surface area contributed by atoms with Crippen molar-refractivity contribution in [1.82, 2.24) is 4.98 Å². The first-order valence-corrected chi connectivity index (χ1v) is 7.05. The van der Waals surface area contributed by atoms with Gasteiger partial charge in [-0.05, 0) is 25.0 Å². The highest BCUT2D eigenvalue weighted by atomic mass is 32.1. The molecule has 0 saturated carbocycles. The van der Waals surface area contributed by atoms with Gasteiger partial charge in [-0.2, -0.15) is 0 Å². The molecular weight excluding hydrogens is 270 g/mol. The Bertz CT molecular complexity index is 601. The molecule has 0 radical (unpaired) electrons. The molecule has 0 aliphatic heterocycles. The lowest BCUT2D eigenvalue weighted by atomic mass is 10.1. The van der Waals surface area contributed by atoms with E-state index in [1.807, 2.05) is 30.3 Å². The number of fused-ring (bicyclic) bond motifs is 1. The highest BCUT2D eigenvalue weighted by Crippen LogP contribution is 2.20. The Morgan fingerprint density at radius 1 is 1.35 bits per heavy atom. The second-order valence-electron chi connectivity index (χ2n) is 4.57. The van der Waals surface area contributed by atoms with Gasteiger partial charge < -0.3 is 15.8 Å². The number of nitrogens with two attached hydrogens (primary N) is 1. The van der Waals surface area contributed by atoms with Crippen molar-refractivity contribution in [3.8, 4) is 0 Å². The van der Waals surface area contributed by atoms with E-state index in [4.69, 9.17) is 22.7 Å². The smallest absolute Gasteiger partial charge is 0.136 e. The van der Waals surface area contributed by atoms with Crippen LogP contribution in [0.5, 0.6) is 0 Å². The summed E-state index contributed by atoms with van der Waals surface area (Å²) in [6, 6.07) is 9.92. The molecule has 4 nitrogen and oxygen atoms in total. The molecule has 0 bridgehead atoms. The van der Waals surface area contributed by atoms with Crippen LogP contribution in [0.1, 0.15) is 18.4 Å². The summed E-state index contributed by atoms with van der Waals surface area (Å²) >= 11 is 5.11. The van der Waals surface area contributed by atoms with E-state index in [0.717, 1.165) is 48.3 Å². The minimum atomic E-state index is 0.364. The van der Waals surface area contributed by atoms with Gasteiger partial charge in [-0.25, -0.2) is 4.98 Å². The SMILES string of the molecule is COCCCCNc1nc2ccccc2cc1C(N)=S. The molecule has 1 aromatic heterocycles. The average Bonchev–Trinajstić information content (AvgIpc) is 2.46. The molecular formula is C15H19N3OS. The molecule has 0 aliphatic carbocycles. The molecule has 106 valence electrons. The molecule has 5 heteroatoms. The summed E-state index contributed by atoms with van der Waals surface area (Å²) in [7, 11) is 1.71. The van der Waals surface area contributed by atoms with E-state index in [1.54, 1.807) is 7.11 Å². The number of unbranched alkanes of at least 4 members (excludes halogenated alkanes) is 1. The van der Waals surface area contributed by atoms with E-state index in [-0.39, 0.29) is 0 Å². The molecule has 0 spiro atoms. The van der Waals surface area contributed by atoms with Gasteiger partial charge in [0.25, 0.3) is 0 Å². The number of thiocarbonyl (C=S) groups is 1. The zero-order valence-electron chi connectivity index (χ0n) is 11.6. The average molecular weight is 289 g/mol. The first kappa shape index (κ1) is 14.7. The van der Waals surface area contributed by atoms with Crippen molar-refractivity contribution in [2.24, 2.45) is 5.73 Å². The van der Waals surface area contributed by atoms with Crippen molar-refractivity contribution in [1.29, 1.82) is 0 Å². The van der Waals surface area contributed by atoms with Gasteiger partial charge in [0.05, 0.1) is 11.1 Å². The third-order valence-corrected chi connectivity index (χ3v) is 3.28. The summed E-state index contributed by atoms with van der Waals surface area (Å²) in [5.74, 6) is 0.758. The molecule has 3 N–H and O–H groups in total. The van der Waals surface area contributed by atoms with Crippen LogP contribution in [0.2, 0.25) is 0 Å². The van der Waals surface area contributed by atoms with Crippen LogP contribution in [0.3, 0.4) is 0 Å². The van der Waals surface area contributed by atoms with Crippen molar-refractivity contribution in [2.45, 2.75) is 12.8 Å². The number of methoxy groups -OCH3 is 1. The lowest BCUT2D eigenvalue weighted by Crippen LogP contribution is -2.15. The maximum absolute atomic E-state index is 5.79. The molecule has 0 saturated heterocycles. The number of hydrogen-bond donors (Lipinski definition) is 2. The summed E-state index contributed by atoms with van der Waals surface area (Å²) in [6.07, 6.45) is 2.03. The van der Waals surface area contributed by atoms with Crippen LogP contribution < -0.4 is 11.1 Å². The lowest BCUT2D eigenvalue weighted by Gasteiger charge is -2.11. The van der Waals surface area contributed by atoms with Gasteiger partial charge in [0.2, 0.25) is 0 Å². The van der Waals surface area contributed by atoms with Crippen LogP contribution >= 0.6 is 12.2 Å². The number of aromatic nitrogens is 1. The van der Waals surface area contributed by atoms with Crippen LogP contribution in [-0.4, -0.2) is 30.2 Å². The quantitative estimate of drug-likeness (QED) is 0.606. The maximum atomic E-state index is 5.79. The fourth-order valence-electron chi connectivity index (χ4n) is 2.02. The molecule has 0 aliphatic rings. The number of nitrogens with one attached hydrogen (secondary N) is 1. The largest absolute Gasteiger partial charge is 0.389 e. The molecule has 20 heavy (non-hydrogen) atoms. The summed E-state index contributed by atoms with van der Waals surface area (Å²) in [6.45, 7) is 1.60. The summed E-state index contributed by atoms with van der Waals surface area (Å²) in [5, 5.41) is 4.35. The van der Waals surface area contributed by atoms with Crippen LogP contribution in [-0.2, 0) is 4.74 Å². The second kappa shape index (κ2) is 7.17. The molecule has 0 fully saturated rings. The first-order chi connectivity index (χ1) is 9.72. The van der Waals surface area contributed by atoms with E-state index in [1.165, 1.54) is 0 Å². The van der Waals surface area contributed by atoms with Crippen molar-refractivity contribution in [2.75, 3.05) is 25.6 Å². The number of para-hydroxylation sites is 1. The Hall–Kier alpha value is -1.72. The predicted molar refractivity (Wildman–Crippen MR) is 87.2 cm³/mol. The third-order valence-electron chi connectivity index (χ3n) is 3.06. The minimum Gasteiger partial charge on any atom is -0.389 e. The van der Waals surface area contributed by atoms with E-state index < -0.39 is 0 Å². The van der Waals surface area contributed by atoms with E-state index >= 15 is 0 Å². The van der Waals surface area contributed by atoms with Crippen LogP contribution in [0, 0.1) is 0 Å². The third kappa shape index (κ3) is 3.65. The van der Waals surface area contributed by atoms with Gasteiger partial charge in [-0.15, -0.1) is 0 Å². The van der Waals surface area contributed by atoms with Gasteiger partial charge in [0, 0.05) is 25.6 Å². The molecule has 1 heterocycles. The topological polar surface area (TPSA) is 60.2 Å². The van der Waals surface area contributed by atoms with Gasteiger partial charge in [0.15, 0.2) is 0 Å². The molecule has 2 aromatic rings. The Balaban J connectivity index is 2.17. The van der Waals surface area contributed by atoms with Gasteiger partial charge >= 0.3 is 0 Å². The van der Waals surface area contributed by atoms with Gasteiger partial charge in [0.1, 0.15) is 10.8 Å². The lowest BCUT2D eigenvalue weighted by molar-refractivity contribution is 0.194. The van der Waals surface area contributed by atoms with E-state index in [0.29, 0.717) is 4.99 Å². The Morgan fingerprint density at radius 3 is 2.90 bits per heavy atom. The van der Waals surface area contributed by atoms with Crippen molar-refractivity contribution >= 4 is 33.9 Å². The Labute approximate surface area is 124 Å². The van der Waals surface area contributed by atoms with Crippen molar-refractivity contribution in [3.63, 3.8) is 0 Å². The zero-order chi connectivity index (χ0) is 14.4.